The van der Waals surface area contributed by atoms with Gasteiger partial charge >= 0.3 is 29.6 Å². The first-order valence-corrected chi connectivity index (χ1v) is 12.9. The van der Waals surface area contributed by atoms with Crippen LogP contribution in [0.25, 0.3) is 0 Å². The SMILES string of the molecule is C[C@H](CCC(=O)NCC(=O)[O-])[C@H]1CCC2C3C(CC[C@@]21C)[C@@]1(C)CC[C@@H](O)CC1C[C@H]3O.[Na+]. The molecule has 0 aliphatic heterocycles. The van der Waals surface area contributed by atoms with Crippen LogP contribution in [0.5, 0.6) is 0 Å². The molecule has 7 heteroatoms. The van der Waals surface area contributed by atoms with Crippen molar-refractivity contribution in [3.8, 4) is 0 Å². The maximum Gasteiger partial charge on any atom is 1.00 e. The number of rotatable bonds is 6. The van der Waals surface area contributed by atoms with Crippen LogP contribution >= 0.6 is 0 Å². The Labute approximate surface area is 221 Å². The van der Waals surface area contributed by atoms with Crippen LogP contribution in [0, 0.1) is 46.3 Å². The second kappa shape index (κ2) is 10.5. The first kappa shape index (κ1) is 27.4. The van der Waals surface area contributed by atoms with Crippen LogP contribution in [0.2, 0.25) is 0 Å². The van der Waals surface area contributed by atoms with Crippen LogP contribution in [0.3, 0.4) is 0 Å². The molecule has 0 bridgehead atoms. The quantitative estimate of drug-likeness (QED) is 0.442. The third kappa shape index (κ3) is 5.07. The molecule has 0 saturated heterocycles. The van der Waals surface area contributed by atoms with E-state index in [1.165, 1.54) is 6.42 Å². The molecule has 33 heavy (non-hydrogen) atoms. The molecule has 3 N–H and O–H groups in total. The number of carbonyl (C=O) groups excluding carboxylic acids is 2. The summed E-state index contributed by atoms with van der Waals surface area (Å²) < 4.78 is 0. The molecule has 4 rings (SSSR count). The van der Waals surface area contributed by atoms with Crippen molar-refractivity contribution in [1.82, 2.24) is 5.32 Å². The van der Waals surface area contributed by atoms with Gasteiger partial charge < -0.3 is 25.4 Å². The number of aliphatic hydroxyl groups excluding tert-OH is 2. The number of amides is 1. The van der Waals surface area contributed by atoms with Crippen LogP contribution in [-0.2, 0) is 9.59 Å². The standard InChI is InChI=1S/C26H43NO5.Na/c1-15(4-7-22(30)27-14-23(31)32)18-5-6-19-24-20(9-11-26(18,19)3)25(2)10-8-17(28)12-16(25)13-21(24)29;/h15-21,24,28-29H,4-14H2,1-3H3,(H,27,30)(H,31,32);/q;+1/p-1/t15-,16?,17-,18-,19?,20?,21-,24?,25+,26-;/m1./s1. The molecular weight excluding hydrogens is 429 g/mol. The maximum absolute atomic E-state index is 12.0. The Morgan fingerprint density at radius 3 is 2.39 bits per heavy atom. The van der Waals surface area contributed by atoms with E-state index in [4.69, 9.17) is 0 Å². The Hall–Kier alpha value is -0.140. The van der Waals surface area contributed by atoms with E-state index in [9.17, 15) is 24.9 Å². The van der Waals surface area contributed by atoms with Gasteiger partial charge in [0.05, 0.1) is 24.7 Å². The van der Waals surface area contributed by atoms with Crippen LogP contribution in [0.15, 0.2) is 0 Å². The van der Waals surface area contributed by atoms with E-state index >= 15 is 0 Å². The molecule has 1 amide bonds. The van der Waals surface area contributed by atoms with Gasteiger partial charge in [0, 0.05) is 6.42 Å². The van der Waals surface area contributed by atoms with E-state index in [1.54, 1.807) is 0 Å². The van der Waals surface area contributed by atoms with Crippen molar-refractivity contribution in [3.63, 3.8) is 0 Å². The van der Waals surface area contributed by atoms with Crippen LogP contribution in [0.1, 0.15) is 85.0 Å². The molecule has 0 aromatic carbocycles. The normalized spacial score (nSPS) is 45.1. The average molecular weight is 472 g/mol. The Bertz CT molecular complexity index is 733. The smallest absolute Gasteiger partial charge is 0.548 e. The van der Waals surface area contributed by atoms with Gasteiger partial charge in [-0.15, -0.1) is 0 Å². The van der Waals surface area contributed by atoms with Crippen molar-refractivity contribution in [2.45, 2.75) is 97.2 Å². The second-order valence-electron chi connectivity index (χ2n) is 12.1. The first-order valence-electron chi connectivity index (χ1n) is 12.9. The van der Waals surface area contributed by atoms with Crippen molar-refractivity contribution in [2.24, 2.45) is 46.3 Å². The minimum absolute atomic E-state index is 0. The van der Waals surface area contributed by atoms with Crippen LogP contribution < -0.4 is 40.0 Å². The fraction of sp³-hybridized carbons (Fsp3) is 0.923. The summed E-state index contributed by atoms with van der Waals surface area (Å²) in [6.45, 7) is 6.70. The predicted molar refractivity (Wildman–Crippen MR) is 119 cm³/mol. The van der Waals surface area contributed by atoms with Crippen molar-refractivity contribution in [3.05, 3.63) is 0 Å². The fourth-order valence-corrected chi connectivity index (χ4v) is 8.99. The van der Waals surface area contributed by atoms with Crippen LogP contribution in [-0.4, -0.2) is 40.8 Å². The second-order valence-corrected chi connectivity index (χ2v) is 12.1. The third-order valence-electron chi connectivity index (χ3n) is 10.7. The van der Waals surface area contributed by atoms with Gasteiger partial charge in [0.2, 0.25) is 5.91 Å². The predicted octanol–water partition coefficient (Wildman–Crippen LogP) is -0.737. The van der Waals surface area contributed by atoms with E-state index in [-0.39, 0.29) is 58.5 Å². The molecule has 4 aliphatic rings. The summed E-state index contributed by atoms with van der Waals surface area (Å²) in [5.74, 6) is 1.31. The average Bonchev–Trinajstić information content (AvgIpc) is 3.09. The third-order valence-corrected chi connectivity index (χ3v) is 10.7. The summed E-state index contributed by atoms with van der Waals surface area (Å²) in [7, 11) is 0. The number of carboxylic acid groups (broad SMARTS) is 1. The van der Waals surface area contributed by atoms with Crippen LogP contribution in [0.4, 0.5) is 0 Å². The van der Waals surface area contributed by atoms with Gasteiger partial charge in [-0.3, -0.25) is 4.79 Å². The minimum Gasteiger partial charge on any atom is -0.548 e. The zero-order valence-electron chi connectivity index (χ0n) is 21.0. The molecule has 0 spiro atoms. The monoisotopic (exact) mass is 471 g/mol. The number of carboxylic acids is 1. The fourth-order valence-electron chi connectivity index (χ4n) is 8.99. The molecule has 0 aromatic rings. The van der Waals surface area contributed by atoms with E-state index in [0.29, 0.717) is 41.9 Å². The molecule has 0 aromatic heterocycles. The van der Waals surface area contributed by atoms with Gasteiger partial charge in [0.15, 0.2) is 0 Å². The number of hydrogen-bond donors (Lipinski definition) is 3. The Kier molecular flexibility index (Phi) is 8.70. The summed E-state index contributed by atoms with van der Waals surface area (Å²) in [5, 5.41) is 34.5. The topological polar surface area (TPSA) is 110 Å². The van der Waals surface area contributed by atoms with Gasteiger partial charge in [-0.2, -0.15) is 0 Å². The summed E-state index contributed by atoms with van der Waals surface area (Å²) in [4.78, 5) is 22.6. The van der Waals surface area contributed by atoms with Gasteiger partial charge in [-0.05, 0) is 104 Å². The molecule has 0 radical (unpaired) electrons. The molecule has 6 nitrogen and oxygen atoms in total. The van der Waals surface area contributed by atoms with E-state index < -0.39 is 12.5 Å². The van der Waals surface area contributed by atoms with Crippen molar-refractivity contribution in [1.29, 1.82) is 0 Å². The summed E-state index contributed by atoms with van der Waals surface area (Å²) >= 11 is 0. The number of fused-ring (bicyclic) bond motifs is 5. The summed E-state index contributed by atoms with van der Waals surface area (Å²) in [5.41, 5.74) is 0.436. The van der Waals surface area contributed by atoms with Gasteiger partial charge in [-0.1, -0.05) is 20.8 Å². The molecule has 4 saturated carbocycles. The zero-order chi connectivity index (χ0) is 23.3. The van der Waals surface area contributed by atoms with E-state index in [0.717, 1.165) is 51.4 Å². The molecular formula is C26H42NNaO5. The number of aliphatic carboxylic acids is 1. The first-order chi connectivity index (χ1) is 15.1. The van der Waals surface area contributed by atoms with Gasteiger partial charge in [0.1, 0.15) is 0 Å². The Morgan fingerprint density at radius 1 is 1.03 bits per heavy atom. The Balaban J connectivity index is 0.00000306. The summed E-state index contributed by atoms with van der Waals surface area (Å²) in [6.07, 6.45) is 8.95. The number of nitrogens with one attached hydrogen (secondary N) is 1. The number of carbonyl (C=O) groups is 2. The van der Waals surface area contributed by atoms with Crippen molar-refractivity contribution >= 4 is 11.9 Å². The van der Waals surface area contributed by atoms with Crippen molar-refractivity contribution < 1.29 is 54.5 Å². The zero-order valence-corrected chi connectivity index (χ0v) is 23.0. The minimum atomic E-state index is -1.26. The maximum atomic E-state index is 12.0. The molecule has 0 heterocycles. The molecule has 10 atom stereocenters. The van der Waals surface area contributed by atoms with Gasteiger partial charge in [-0.25, -0.2) is 0 Å². The number of hydrogen-bond acceptors (Lipinski definition) is 5. The largest absolute Gasteiger partial charge is 1.00 e. The van der Waals surface area contributed by atoms with Gasteiger partial charge in [0.25, 0.3) is 0 Å². The molecule has 4 aliphatic carbocycles. The summed E-state index contributed by atoms with van der Waals surface area (Å²) in [6, 6.07) is 0. The molecule has 182 valence electrons. The van der Waals surface area contributed by atoms with Crippen molar-refractivity contribution in [2.75, 3.05) is 6.54 Å². The Morgan fingerprint density at radius 2 is 1.70 bits per heavy atom. The van der Waals surface area contributed by atoms with E-state index in [1.807, 2.05) is 0 Å². The number of aliphatic hydroxyl groups is 2. The molecule has 4 unspecified atom stereocenters. The van der Waals surface area contributed by atoms with E-state index in [2.05, 4.69) is 26.1 Å². The molecule has 4 fully saturated rings.